The quantitative estimate of drug-likeness (QED) is 0.866. The number of aryl methyl sites for hydroxylation is 1. The molecule has 0 aromatic heterocycles. The molecule has 26 heavy (non-hydrogen) atoms. The number of hydrogen-bond acceptors (Lipinski definition) is 4. The summed E-state index contributed by atoms with van der Waals surface area (Å²) in [5.41, 5.74) is 6.50. The van der Waals surface area contributed by atoms with Crippen molar-refractivity contribution < 1.29 is 14.3 Å². The Morgan fingerprint density at radius 3 is 2.46 bits per heavy atom. The molecule has 3 rings (SSSR count). The Morgan fingerprint density at radius 1 is 1.12 bits per heavy atom. The summed E-state index contributed by atoms with van der Waals surface area (Å²) in [6.45, 7) is 5.27. The molecule has 142 valence electrons. The molecule has 2 aliphatic heterocycles. The monoisotopic (exact) mass is 359 g/mol. The Bertz CT molecular complexity index is 624. The van der Waals surface area contributed by atoms with E-state index in [0.717, 1.165) is 51.1 Å². The average Bonchev–Trinajstić information content (AvgIpc) is 2.63. The molecule has 6 heteroatoms. The molecule has 2 saturated heterocycles. The number of nitrogens with two attached hydrogens (primary N) is 1. The third-order valence-electron chi connectivity index (χ3n) is 5.31. The Hall–Kier alpha value is -2.08. The summed E-state index contributed by atoms with van der Waals surface area (Å²) in [4.78, 5) is 27.9. The average molecular weight is 359 g/mol. The van der Waals surface area contributed by atoms with Crippen LogP contribution in [0.5, 0.6) is 5.75 Å². The van der Waals surface area contributed by atoms with Gasteiger partial charge in [-0.1, -0.05) is 17.7 Å². The number of hydrogen-bond donors (Lipinski definition) is 1. The third-order valence-corrected chi connectivity index (χ3v) is 5.31. The summed E-state index contributed by atoms with van der Waals surface area (Å²) >= 11 is 0. The van der Waals surface area contributed by atoms with Gasteiger partial charge in [-0.15, -0.1) is 0 Å². The number of benzene rings is 1. The maximum absolute atomic E-state index is 12.8. The Morgan fingerprint density at radius 2 is 1.81 bits per heavy atom. The van der Waals surface area contributed by atoms with Crippen LogP contribution in [0.2, 0.25) is 0 Å². The molecule has 0 bridgehead atoms. The van der Waals surface area contributed by atoms with E-state index in [9.17, 15) is 9.59 Å². The van der Waals surface area contributed by atoms with Gasteiger partial charge in [0.05, 0.1) is 12.5 Å². The van der Waals surface area contributed by atoms with Gasteiger partial charge >= 0.3 is 0 Å². The number of rotatable bonds is 5. The highest BCUT2D eigenvalue weighted by atomic mass is 16.5. The van der Waals surface area contributed by atoms with Gasteiger partial charge in [0.15, 0.2) is 0 Å². The molecule has 2 amide bonds. The van der Waals surface area contributed by atoms with Gasteiger partial charge in [-0.05, 0) is 38.4 Å². The fraction of sp³-hybridized carbons (Fsp3) is 0.600. The first kappa shape index (κ1) is 18.7. The Balaban J connectivity index is 1.47. The van der Waals surface area contributed by atoms with Crippen molar-refractivity contribution in [2.75, 3.05) is 32.7 Å². The highest BCUT2D eigenvalue weighted by Crippen LogP contribution is 2.23. The molecular weight excluding hydrogens is 330 g/mol. The molecule has 1 aromatic carbocycles. The highest BCUT2D eigenvalue weighted by molar-refractivity contribution is 5.80. The molecule has 1 aromatic rings. The zero-order valence-electron chi connectivity index (χ0n) is 15.5. The molecule has 2 N–H and O–H groups in total. The number of primary amides is 1. The second-order valence-electron chi connectivity index (χ2n) is 7.50. The predicted molar refractivity (Wildman–Crippen MR) is 99.8 cm³/mol. The molecule has 0 aliphatic carbocycles. The molecule has 0 radical (unpaired) electrons. The standard InChI is InChI=1S/C20H29N3O3/c1-15-4-6-17(7-5-15)26-18-8-11-23(12-9-18)20(25)16-3-2-10-22(13-16)14-19(21)24/h4-7,16,18H,2-3,8-14H2,1H3,(H2,21,24)/t16-/m1/s1. The fourth-order valence-electron chi connectivity index (χ4n) is 3.88. The summed E-state index contributed by atoms with van der Waals surface area (Å²) in [5, 5.41) is 0. The first-order valence-corrected chi connectivity index (χ1v) is 9.54. The first-order chi connectivity index (χ1) is 12.5. The largest absolute Gasteiger partial charge is 0.490 e. The fourth-order valence-corrected chi connectivity index (χ4v) is 3.88. The summed E-state index contributed by atoms with van der Waals surface area (Å²) < 4.78 is 6.05. The normalized spacial score (nSPS) is 22.2. The molecule has 2 heterocycles. The van der Waals surface area contributed by atoms with E-state index in [1.165, 1.54) is 5.56 Å². The van der Waals surface area contributed by atoms with Crippen LogP contribution in [-0.4, -0.2) is 60.4 Å². The topological polar surface area (TPSA) is 75.9 Å². The number of carbonyl (C=O) groups excluding carboxylic acids is 2. The van der Waals surface area contributed by atoms with Gasteiger partial charge in [0.2, 0.25) is 11.8 Å². The first-order valence-electron chi connectivity index (χ1n) is 9.54. The lowest BCUT2D eigenvalue weighted by Crippen LogP contribution is -2.49. The Labute approximate surface area is 155 Å². The summed E-state index contributed by atoms with van der Waals surface area (Å²) in [6, 6.07) is 8.11. The van der Waals surface area contributed by atoms with Gasteiger partial charge in [0.25, 0.3) is 0 Å². The van der Waals surface area contributed by atoms with E-state index >= 15 is 0 Å². The molecule has 2 aliphatic rings. The highest BCUT2D eigenvalue weighted by Gasteiger charge is 2.32. The van der Waals surface area contributed by atoms with Crippen LogP contribution in [0.1, 0.15) is 31.2 Å². The number of likely N-dealkylation sites (tertiary alicyclic amines) is 2. The molecule has 0 spiro atoms. The SMILES string of the molecule is Cc1ccc(OC2CCN(C(=O)[C@@H]3CCCN(CC(N)=O)C3)CC2)cc1. The van der Waals surface area contributed by atoms with E-state index in [0.29, 0.717) is 6.54 Å². The molecule has 1 atom stereocenters. The number of nitrogens with zero attached hydrogens (tertiary/aromatic N) is 2. The van der Waals surface area contributed by atoms with Gasteiger partial charge in [0, 0.05) is 32.5 Å². The lowest BCUT2D eigenvalue weighted by molar-refractivity contribution is -0.139. The van der Waals surface area contributed by atoms with Crippen molar-refractivity contribution in [1.82, 2.24) is 9.80 Å². The van der Waals surface area contributed by atoms with E-state index in [1.807, 2.05) is 21.9 Å². The van der Waals surface area contributed by atoms with E-state index < -0.39 is 0 Å². The van der Waals surface area contributed by atoms with Crippen LogP contribution in [0, 0.1) is 12.8 Å². The smallest absolute Gasteiger partial charge is 0.231 e. The zero-order valence-corrected chi connectivity index (χ0v) is 15.5. The second-order valence-corrected chi connectivity index (χ2v) is 7.50. The molecular formula is C20H29N3O3. The Kier molecular flexibility index (Phi) is 6.14. The third kappa shape index (κ3) is 4.97. The minimum atomic E-state index is -0.327. The predicted octanol–water partition coefficient (Wildman–Crippen LogP) is 1.56. The molecule has 2 fully saturated rings. The van der Waals surface area contributed by atoms with Crippen molar-refractivity contribution in [3.63, 3.8) is 0 Å². The van der Waals surface area contributed by atoms with Crippen molar-refractivity contribution >= 4 is 11.8 Å². The van der Waals surface area contributed by atoms with Crippen LogP contribution in [0.3, 0.4) is 0 Å². The minimum absolute atomic E-state index is 0.0160. The second kappa shape index (κ2) is 8.54. The van der Waals surface area contributed by atoms with Crippen LogP contribution < -0.4 is 10.5 Å². The van der Waals surface area contributed by atoms with Gasteiger partial charge in [-0.3, -0.25) is 14.5 Å². The van der Waals surface area contributed by atoms with E-state index in [-0.39, 0.29) is 30.4 Å². The summed E-state index contributed by atoms with van der Waals surface area (Å²) in [5.74, 6) is 0.771. The van der Waals surface area contributed by atoms with Crippen LogP contribution in [0.25, 0.3) is 0 Å². The number of ether oxygens (including phenoxy) is 1. The molecule has 6 nitrogen and oxygen atoms in total. The lowest BCUT2D eigenvalue weighted by Gasteiger charge is -2.37. The maximum atomic E-state index is 12.8. The summed E-state index contributed by atoms with van der Waals surface area (Å²) in [7, 11) is 0. The molecule has 0 saturated carbocycles. The zero-order chi connectivity index (χ0) is 18.5. The number of piperidine rings is 2. The van der Waals surface area contributed by atoms with Crippen molar-refractivity contribution in [3.05, 3.63) is 29.8 Å². The van der Waals surface area contributed by atoms with Crippen molar-refractivity contribution in [2.24, 2.45) is 11.7 Å². The van der Waals surface area contributed by atoms with Crippen molar-refractivity contribution in [2.45, 2.75) is 38.7 Å². The van der Waals surface area contributed by atoms with Crippen molar-refractivity contribution in [3.8, 4) is 5.75 Å². The van der Waals surface area contributed by atoms with Gasteiger partial charge < -0.3 is 15.4 Å². The number of carbonyl (C=O) groups is 2. The minimum Gasteiger partial charge on any atom is -0.490 e. The summed E-state index contributed by atoms with van der Waals surface area (Å²) in [6.07, 6.45) is 3.72. The van der Waals surface area contributed by atoms with E-state index in [4.69, 9.17) is 10.5 Å². The van der Waals surface area contributed by atoms with Crippen molar-refractivity contribution in [1.29, 1.82) is 0 Å². The van der Waals surface area contributed by atoms with Gasteiger partial charge in [-0.2, -0.15) is 0 Å². The van der Waals surface area contributed by atoms with Gasteiger partial charge in [0.1, 0.15) is 11.9 Å². The lowest BCUT2D eigenvalue weighted by atomic mass is 9.95. The van der Waals surface area contributed by atoms with Crippen LogP contribution in [-0.2, 0) is 9.59 Å². The van der Waals surface area contributed by atoms with Crippen LogP contribution >= 0.6 is 0 Å². The van der Waals surface area contributed by atoms with Gasteiger partial charge in [-0.25, -0.2) is 0 Å². The van der Waals surface area contributed by atoms with E-state index in [1.54, 1.807) is 0 Å². The molecule has 0 unspecified atom stereocenters. The van der Waals surface area contributed by atoms with E-state index in [2.05, 4.69) is 19.1 Å². The number of amides is 2. The van der Waals surface area contributed by atoms with Crippen LogP contribution in [0.15, 0.2) is 24.3 Å². The maximum Gasteiger partial charge on any atom is 0.231 e. The van der Waals surface area contributed by atoms with Crippen LogP contribution in [0.4, 0.5) is 0 Å².